The van der Waals surface area contributed by atoms with Crippen molar-refractivity contribution < 1.29 is 4.74 Å². The molecule has 0 amide bonds. The number of hydrogen-bond acceptors (Lipinski definition) is 4. The van der Waals surface area contributed by atoms with Crippen molar-refractivity contribution >= 4 is 41.7 Å². The molecule has 2 fully saturated rings. The minimum atomic E-state index is 0. The first-order valence-corrected chi connectivity index (χ1v) is 9.57. The van der Waals surface area contributed by atoms with Gasteiger partial charge in [-0.25, -0.2) is 0 Å². The second-order valence-electron chi connectivity index (χ2n) is 6.88. The molecule has 0 spiro atoms. The third kappa shape index (κ3) is 6.96. The maximum absolute atomic E-state index is 5.48. The molecule has 0 radical (unpaired) electrons. The van der Waals surface area contributed by atoms with Crippen molar-refractivity contribution in [3.63, 3.8) is 0 Å². The Hall–Kier alpha value is 0.270. The van der Waals surface area contributed by atoms with E-state index in [4.69, 9.17) is 4.74 Å². The lowest BCUT2D eigenvalue weighted by Crippen LogP contribution is -2.54. The van der Waals surface area contributed by atoms with Crippen LogP contribution in [0.5, 0.6) is 0 Å². The summed E-state index contributed by atoms with van der Waals surface area (Å²) >= 11 is 1.89. The van der Waals surface area contributed by atoms with Crippen LogP contribution in [0.15, 0.2) is 4.99 Å². The van der Waals surface area contributed by atoms with Crippen LogP contribution in [0.3, 0.4) is 0 Å². The fourth-order valence-corrected chi connectivity index (χ4v) is 3.15. The maximum atomic E-state index is 5.48. The number of nitrogens with zero attached hydrogens (tertiary/aromatic N) is 3. The number of halogens is 1. The van der Waals surface area contributed by atoms with Gasteiger partial charge in [-0.05, 0) is 32.4 Å². The first-order valence-electron chi connectivity index (χ1n) is 8.35. The predicted molar refractivity (Wildman–Crippen MR) is 111 cm³/mol. The Balaban J connectivity index is 0.00000264. The molecule has 1 N–H and O–H groups in total. The summed E-state index contributed by atoms with van der Waals surface area (Å²) in [6, 6.07) is 0. The first-order chi connectivity index (χ1) is 10.5. The molecule has 0 bridgehead atoms. The molecule has 0 aromatic heterocycles. The van der Waals surface area contributed by atoms with E-state index in [0.717, 1.165) is 57.8 Å². The molecular weight excluding hydrogens is 423 g/mol. The molecule has 0 aromatic rings. The van der Waals surface area contributed by atoms with Gasteiger partial charge in [-0.2, -0.15) is 11.8 Å². The van der Waals surface area contributed by atoms with Gasteiger partial charge < -0.3 is 15.0 Å². The molecule has 2 aliphatic rings. The lowest BCUT2D eigenvalue weighted by Gasteiger charge is -2.38. The van der Waals surface area contributed by atoms with Crippen molar-refractivity contribution in [3.8, 4) is 0 Å². The smallest absolute Gasteiger partial charge is 0.193 e. The van der Waals surface area contributed by atoms with Crippen LogP contribution in [-0.4, -0.2) is 86.3 Å². The summed E-state index contributed by atoms with van der Waals surface area (Å²) in [4.78, 5) is 9.43. The molecule has 1 unspecified atom stereocenters. The number of rotatable bonds is 5. The Morgan fingerprint density at radius 1 is 1.30 bits per heavy atom. The largest absolute Gasteiger partial charge is 0.381 e. The van der Waals surface area contributed by atoms with E-state index in [2.05, 4.69) is 40.2 Å². The highest BCUT2D eigenvalue weighted by atomic mass is 127. The molecule has 23 heavy (non-hydrogen) atoms. The zero-order valence-corrected chi connectivity index (χ0v) is 18.2. The molecule has 5 nitrogen and oxygen atoms in total. The van der Waals surface area contributed by atoms with Crippen LogP contribution in [-0.2, 0) is 4.74 Å². The Morgan fingerprint density at radius 3 is 2.52 bits per heavy atom. The van der Waals surface area contributed by atoms with Gasteiger partial charge in [0.1, 0.15) is 0 Å². The van der Waals surface area contributed by atoms with Crippen LogP contribution in [0.1, 0.15) is 20.3 Å². The summed E-state index contributed by atoms with van der Waals surface area (Å²) in [5.74, 6) is 1.79. The van der Waals surface area contributed by atoms with E-state index < -0.39 is 0 Å². The third-order valence-electron chi connectivity index (χ3n) is 4.65. The van der Waals surface area contributed by atoms with Crippen LogP contribution in [0.2, 0.25) is 0 Å². The number of thioether (sulfide) groups is 1. The van der Waals surface area contributed by atoms with E-state index in [-0.39, 0.29) is 28.7 Å². The van der Waals surface area contributed by atoms with Crippen molar-refractivity contribution in [2.75, 3.05) is 65.8 Å². The van der Waals surface area contributed by atoms with E-state index in [9.17, 15) is 0 Å². The molecule has 2 heterocycles. The molecule has 136 valence electrons. The monoisotopic (exact) mass is 456 g/mol. The molecule has 2 rings (SSSR count). The second kappa shape index (κ2) is 10.3. The molecule has 7 heteroatoms. The van der Waals surface area contributed by atoms with Gasteiger partial charge in [0.2, 0.25) is 0 Å². The zero-order chi connectivity index (χ0) is 16.0. The van der Waals surface area contributed by atoms with E-state index >= 15 is 0 Å². The normalized spacial score (nSPS) is 23.7. The maximum Gasteiger partial charge on any atom is 0.193 e. The molecular formula is C16H33IN4OS. The van der Waals surface area contributed by atoms with Gasteiger partial charge in [-0.1, -0.05) is 0 Å². The summed E-state index contributed by atoms with van der Waals surface area (Å²) in [5.41, 5.74) is 0. The van der Waals surface area contributed by atoms with E-state index in [0.29, 0.717) is 0 Å². The predicted octanol–water partition coefficient (Wildman–Crippen LogP) is 1.98. The number of guanidine groups is 1. The summed E-state index contributed by atoms with van der Waals surface area (Å²) in [7, 11) is 1.89. The van der Waals surface area contributed by atoms with Gasteiger partial charge in [0.15, 0.2) is 5.96 Å². The lowest BCUT2D eigenvalue weighted by molar-refractivity contribution is 0.139. The van der Waals surface area contributed by atoms with E-state index in [1.165, 1.54) is 13.0 Å². The number of aliphatic imine (C=N–C) groups is 1. The molecule has 0 aromatic carbocycles. The van der Waals surface area contributed by atoms with Gasteiger partial charge >= 0.3 is 0 Å². The van der Waals surface area contributed by atoms with Gasteiger partial charge in [-0.3, -0.25) is 9.89 Å². The molecule has 0 aliphatic carbocycles. The van der Waals surface area contributed by atoms with Crippen molar-refractivity contribution in [1.29, 1.82) is 0 Å². The van der Waals surface area contributed by atoms with Crippen LogP contribution in [0, 0.1) is 5.92 Å². The summed E-state index contributed by atoms with van der Waals surface area (Å²) in [6.45, 7) is 12.9. The average Bonchev–Trinajstić information content (AvgIpc) is 3.02. The highest BCUT2D eigenvalue weighted by Gasteiger charge is 2.25. The van der Waals surface area contributed by atoms with Gasteiger partial charge in [0.05, 0.1) is 6.61 Å². The zero-order valence-electron chi connectivity index (χ0n) is 15.0. The van der Waals surface area contributed by atoms with Crippen molar-refractivity contribution in [2.24, 2.45) is 10.9 Å². The van der Waals surface area contributed by atoms with Crippen molar-refractivity contribution in [2.45, 2.75) is 25.0 Å². The second-order valence-corrected chi connectivity index (χ2v) is 8.40. The molecule has 2 aliphatic heterocycles. The quantitative estimate of drug-likeness (QED) is 0.389. The van der Waals surface area contributed by atoms with Gasteiger partial charge in [-0.15, -0.1) is 24.0 Å². The molecule has 1 atom stereocenters. The fourth-order valence-electron chi connectivity index (χ4n) is 2.93. The number of piperazine rings is 1. The minimum Gasteiger partial charge on any atom is -0.381 e. The van der Waals surface area contributed by atoms with E-state index in [1.807, 2.05) is 18.8 Å². The molecule has 2 saturated heterocycles. The Labute approximate surface area is 163 Å². The van der Waals surface area contributed by atoms with Crippen molar-refractivity contribution in [1.82, 2.24) is 15.1 Å². The standard InChI is InChI=1S/C16H32N4OS.HI/c1-16(2,22-4)13-18-15(17-3)20-8-6-19(7-9-20)11-14-5-10-21-12-14;/h14H,5-13H2,1-4H3,(H,17,18);1H. The SMILES string of the molecule is CN=C(NCC(C)(C)SC)N1CCN(CC2CCOC2)CC1.I. The first kappa shape index (κ1) is 21.3. The highest BCUT2D eigenvalue weighted by Crippen LogP contribution is 2.20. The number of ether oxygens (including phenoxy) is 1. The Bertz CT molecular complexity index is 367. The van der Waals surface area contributed by atoms with Crippen molar-refractivity contribution in [3.05, 3.63) is 0 Å². The summed E-state index contributed by atoms with van der Waals surface area (Å²) < 4.78 is 5.72. The summed E-state index contributed by atoms with van der Waals surface area (Å²) in [5, 5.41) is 3.53. The Kier molecular flexibility index (Phi) is 9.55. The van der Waals surface area contributed by atoms with Crippen LogP contribution < -0.4 is 5.32 Å². The minimum absolute atomic E-state index is 0. The van der Waals surface area contributed by atoms with Crippen LogP contribution in [0.4, 0.5) is 0 Å². The third-order valence-corrected chi connectivity index (χ3v) is 5.90. The Morgan fingerprint density at radius 2 is 2.00 bits per heavy atom. The van der Waals surface area contributed by atoms with Crippen LogP contribution in [0.25, 0.3) is 0 Å². The summed E-state index contributed by atoms with van der Waals surface area (Å²) in [6.07, 6.45) is 3.39. The number of hydrogen-bond donors (Lipinski definition) is 1. The highest BCUT2D eigenvalue weighted by molar-refractivity contribution is 14.0. The molecule has 0 saturated carbocycles. The lowest BCUT2D eigenvalue weighted by atomic mass is 10.1. The van der Waals surface area contributed by atoms with Gasteiger partial charge in [0.25, 0.3) is 0 Å². The average molecular weight is 456 g/mol. The topological polar surface area (TPSA) is 40.1 Å². The van der Waals surface area contributed by atoms with Crippen LogP contribution >= 0.6 is 35.7 Å². The fraction of sp³-hybridized carbons (Fsp3) is 0.938. The van der Waals surface area contributed by atoms with E-state index in [1.54, 1.807) is 0 Å². The number of nitrogens with one attached hydrogen (secondary N) is 1. The van der Waals surface area contributed by atoms with Gasteiger partial charge in [0, 0.05) is 57.7 Å².